The van der Waals surface area contributed by atoms with Crippen LogP contribution in [0.1, 0.15) is 15.9 Å². The summed E-state index contributed by atoms with van der Waals surface area (Å²) < 4.78 is 0. The van der Waals surface area contributed by atoms with Crippen molar-refractivity contribution in [3.8, 4) is 0 Å². The second-order valence-corrected chi connectivity index (χ2v) is 6.10. The van der Waals surface area contributed by atoms with Crippen LogP contribution in [0.25, 0.3) is 0 Å². The molecule has 0 bridgehead atoms. The van der Waals surface area contributed by atoms with E-state index in [9.17, 15) is 9.59 Å². The van der Waals surface area contributed by atoms with Crippen LogP contribution in [0.5, 0.6) is 0 Å². The van der Waals surface area contributed by atoms with E-state index < -0.39 is 0 Å². The Balaban J connectivity index is 1.76. The van der Waals surface area contributed by atoms with Crippen molar-refractivity contribution in [2.75, 3.05) is 5.75 Å². The van der Waals surface area contributed by atoms with Crippen LogP contribution in [-0.4, -0.2) is 17.6 Å². The fourth-order valence-electron chi connectivity index (χ4n) is 1.62. The van der Waals surface area contributed by atoms with Crippen LogP contribution in [0.3, 0.4) is 0 Å². The van der Waals surface area contributed by atoms with E-state index in [0.29, 0.717) is 10.6 Å². The van der Waals surface area contributed by atoms with Gasteiger partial charge in [-0.25, -0.2) is 0 Å². The molecule has 0 fully saturated rings. The topological polar surface area (TPSA) is 58.2 Å². The summed E-state index contributed by atoms with van der Waals surface area (Å²) in [4.78, 5) is 24.5. The molecule has 0 spiro atoms. The van der Waals surface area contributed by atoms with E-state index in [2.05, 4.69) is 10.9 Å². The maximum atomic E-state index is 11.8. The highest BCUT2D eigenvalue weighted by molar-refractivity contribution is 8.00. The molecular formula is C16H15ClN2O2S. The smallest absolute Gasteiger partial charge is 0.269 e. The molecule has 2 aromatic carbocycles. The number of hydrogen-bond acceptors (Lipinski definition) is 3. The third-order valence-electron chi connectivity index (χ3n) is 2.81. The molecule has 0 aliphatic heterocycles. The van der Waals surface area contributed by atoms with Crippen molar-refractivity contribution in [1.82, 2.24) is 10.9 Å². The molecular weight excluding hydrogens is 320 g/mol. The standard InChI is InChI=1S/C16H15ClN2O2S/c1-11-2-4-12(5-3-11)16(21)19-18-15(20)10-22-14-8-6-13(17)7-9-14/h2-9H,10H2,1H3,(H,18,20)(H,19,21). The second-order valence-electron chi connectivity index (χ2n) is 4.61. The van der Waals surface area contributed by atoms with Gasteiger partial charge in [-0.2, -0.15) is 0 Å². The fourth-order valence-corrected chi connectivity index (χ4v) is 2.44. The normalized spacial score (nSPS) is 10.1. The van der Waals surface area contributed by atoms with Gasteiger partial charge in [0.05, 0.1) is 5.75 Å². The van der Waals surface area contributed by atoms with Crippen LogP contribution in [0.2, 0.25) is 5.02 Å². The zero-order valence-corrected chi connectivity index (χ0v) is 13.5. The van der Waals surface area contributed by atoms with Gasteiger partial charge >= 0.3 is 0 Å². The molecule has 2 aromatic rings. The number of hydrogen-bond donors (Lipinski definition) is 2. The molecule has 0 atom stereocenters. The first-order valence-electron chi connectivity index (χ1n) is 6.59. The summed E-state index contributed by atoms with van der Waals surface area (Å²) in [6.45, 7) is 1.94. The van der Waals surface area contributed by atoms with Crippen molar-refractivity contribution in [3.63, 3.8) is 0 Å². The number of rotatable bonds is 4. The molecule has 0 saturated heterocycles. The predicted molar refractivity (Wildman–Crippen MR) is 89.0 cm³/mol. The number of amides is 2. The Bertz CT molecular complexity index is 657. The van der Waals surface area contributed by atoms with Gasteiger partial charge < -0.3 is 0 Å². The second kappa shape index (κ2) is 7.87. The Kier molecular flexibility index (Phi) is 5.86. The Hall–Kier alpha value is -1.98. The molecule has 22 heavy (non-hydrogen) atoms. The molecule has 2 N–H and O–H groups in total. The van der Waals surface area contributed by atoms with Gasteiger partial charge in [-0.1, -0.05) is 29.3 Å². The molecule has 0 aliphatic carbocycles. The number of carbonyl (C=O) groups excluding carboxylic acids is 2. The van der Waals surface area contributed by atoms with Gasteiger partial charge in [-0.15, -0.1) is 11.8 Å². The zero-order valence-electron chi connectivity index (χ0n) is 11.9. The van der Waals surface area contributed by atoms with Crippen molar-refractivity contribution in [2.45, 2.75) is 11.8 Å². The molecule has 2 amide bonds. The first-order valence-corrected chi connectivity index (χ1v) is 7.95. The summed E-state index contributed by atoms with van der Waals surface area (Å²) >= 11 is 7.16. The number of thioether (sulfide) groups is 1. The highest BCUT2D eigenvalue weighted by Gasteiger charge is 2.07. The third kappa shape index (κ3) is 5.09. The highest BCUT2D eigenvalue weighted by atomic mass is 35.5. The molecule has 4 nitrogen and oxygen atoms in total. The van der Waals surface area contributed by atoms with Crippen molar-refractivity contribution in [3.05, 3.63) is 64.7 Å². The minimum absolute atomic E-state index is 0.204. The van der Waals surface area contributed by atoms with Gasteiger partial charge in [0.2, 0.25) is 5.91 Å². The van der Waals surface area contributed by atoms with Crippen molar-refractivity contribution >= 4 is 35.2 Å². The number of halogens is 1. The van der Waals surface area contributed by atoms with E-state index in [1.54, 1.807) is 24.3 Å². The minimum Gasteiger partial charge on any atom is -0.272 e. The molecule has 114 valence electrons. The van der Waals surface area contributed by atoms with Gasteiger partial charge in [-0.3, -0.25) is 20.4 Å². The van der Waals surface area contributed by atoms with E-state index in [0.717, 1.165) is 10.5 Å². The van der Waals surface area contributed by atoms with Gasteiger partial charge in [0.1, 0.15) is 0 Å². The van der Waals surface area contributed by atoms with Crippen LogP contribution in [0.15, 0.2) is 53.4 Å². The third-order valence-corrected chi connectivity index (χ3v) is 4.08. The minimum atomic E-state index is -0.343. The quantitative estimate of drug-likeness (QED) is 0.667. The lowest BCUT2D eigenvalue weighted by atomic mass is 10.1. The average molecular weight is 335 g/mol. The Morgan fingerprint density at radius 2 is 1.64 bits per heavy atom. The summed E-state index contributed by atoms with van der Waals surface area (Å²) in [6, 6.07) is 14.3. The Morgan fingerprint density at radius 3 is 2.27 bits per heavy atom. The van der Waals surface area contributed by atoms with Crippen LogP contribution in [-0.2, 0) is 4.79 Å². The van der Waals surface area contributed by atoms with E-state index >= 15 is 0 Å². The number of nitrogens with one attached hydrogen (secondary N) is 2. The SMILES string of the molecule is Cc1ccc(C(=O)NNC(=O)CSc2ccc(Cl)cc2)cc1. The maximum absolute atomic E-state index is 11.8. The molecule has 0 unspecified atom stereocenters. The highest BCUT2D eigenvalue weighted by Crippen LogP contribution is 2.19. The van der Waals surface area contributed by atoms with Crippen molar-refractivity contribution < 1.29 is 9.59 Å². The van der Waals surface area contributed by atoms with E-state index in [1.165, 1.54) is 11.8 Å². The molecule has 6 heteroatoms. The van der Waals surface area contributed by atoms with Crippen LogP contribution < -0.4 is 10.9 Å². The van der Waals surface area contributed by atoms with Gasteiger partial charge in [0.25, 0.3) is 5.91 Å². The Labute approximate surface area is 138 Å². The predicted octanol–water partition coefficient (Wildman–Crippen LogP) is 3.20. The van der Waals surface area contributed by atoms with Gasteiger partial charge in [0, 0.05) is 15.5 Å². The first-order chi connectivity index (χ1) is 10.5. The van der Waals surface area contributed by atoms with Gasteiger partial charge in [0.15, 0.2) is 0 Å². The fraction of sp³-hybridized carbons (Fsp3) is 0.125. The number of carbonyl (C=O) groups is 2. The first kappa shape index (κ1) is 16.4. The molecule has 0 saturated carbocycles. The van der Waals surface area contributed by atoms with Crippen molar-refractivity contribution in [1.29, 1.82) is 0 Å². The number of benzene rings is 2. The Morgan fingerprint density at radius 1 is 1.00 bits per heavy atom. The molecule has 0 aromatic heterocycles. The zero-order chi connectivity index (χ0) is 15.9. The lowest BCUT2D eigenvalue weighted by Gasteiger charge is -2.07. The maximum Gasteiger partial charge on any atom is 0.269 e. The lowest BCUT2D eigenvalue weighted by Crippen LogP contribution is -2.42. The van der Waals surface area contributed by atoms with Crippen LogP contribution >= 0.6 is 23.4 Å². The summed E-state index contributed by atoms with van der Waals surface area (Å²) in [5.74, 6) is -0.416. The summed E-state index contributed by atoms with van der Waals surface area (Å²) in [6.07, 6.45) is 0. The van der Waals surface area contributed by atoms with Gasteiger partial charge in [-0.05, 0) is 43.3 Å². The molecule has 2 rings (SSSR count). The van der Waals surface area contributed by atoms with Crippen LogP contribution in [0.4, 0.5) is 0 Å². The number of hydrazine groups is 1. The number of aryl methyl sites for hydroxylation is 1. The van der Waals surface area contributed by atoms with Crippen LogP contribution in [0, 0.1) is 6.92 Å². The molecule has 0 radical (unpaired) electrons. The lowest BCUT2D eigenvalue weighted by molar-refractivity contribution is -0.119. The summed E-state index contributed by atoms with van der Waals surface area (Å²) in [5, 5.41) is 0.652. The van der Waals surface area contributed by atoms with E-state index in [1.807, 2.05) is 31.2 Å². The molecule has 0 heterocycles. The summed E-state index contributed by atoms with van der Waals surface area (Å²) in [7, 11) is 0. The summed E-state index contributed by atoms with van der Waals surface area (Å²) in [5.41, 5.74) is 6.35. The monoisotopic (exact) mass is 334 g/mol. The largest absolute Gasteiger partial charge is 0.272 e. The van der Waals surface area contributed by atoms with Crippen molar-refractivity contribution in [2.24, 2.45) is 0 Å². The van der Waals surface area contributed by atoms with E-state index in [-0.39, 0.29) is 17.6 Å². The van der Waals surface area contributed by atoms with E-state index in [4.69, 9.17) is 11.6 Å². The average Bonchev–Trinajstić information content (AvgIpc) is 2.52. The molecule has 0 aliphatic rings.